The van der Waals surface area contributed by atoms with E-state index in [0.29, 0.717) is 17.0 Å². The van der Waals surface area contributed by atoms with Crippen LogP contribution < -0.4 is 10.9 Å². The van der Waals surface area contributed by atoms with Gasteiger partial charge in [-0.3, -0.25) is 9.78 Å². The van der Waals surface area contributed by atoms with Gasteiger partial charge in [0.1, 0.15) is 10.4 Å². The van der Waals surface area contributed by atoms with Gasteiger partial charge in [0.05, 0.1) is 17.8 Å². The molecular formula is C15H20N6OS. The first-order valence-electron chi connectivity index (χ1n) is 7.43. The molecule has 3 rings (SSSR count). The SMILES string of the molecule is Cc1cnc(C(C)Nc2nc3c(cnn3C(C)(C)C)c(=O)[nH]2)s1. The Bertz CT molecular complexity index is 901. The Kier molecular flexibility index (Phi) is 3.71. The highest BCUT2D eigenvalue weighted by Gasteiger charge is 2.20. The number of hydrogen-bond donors (Lipinski definition) is 2. The van der Waals surface area contributed by atoms with Gasteiger partial charge < -0.3 is 5.32 Å². The first-order chi connectivity index (χ1) is 10.8. The van der Waals surface area contributed by atoms with Gasteiger partial charge in [-0.05, 0) is 34.6 Å². The lowest BCUT2D eigenvalue weighted by Crippen LogP contribution is -2.24. The van der Waals surface area contributed by atoms with Crippen LogP contribution >= 0.6 is 11.3 Å². The van der Waals surface area contributed by atoms with Crippen molar-refractivity contribution in [2.75, 3.05) is 5.32 Å². The van der Waals surface area contributed by atoms with Crippen molar-refractivity contribution in [1.29, 1.82) is 0 Å². The van der Waals surface area contributed by atoms with Crippen molar-refractivity contribution in [2.24, 2.45) is 0 Å². The van der Waals surface area contributed by atoms with Crippen molar-refractivity contribution in [3.05, 3.63) is 32.6 Å². The van der Waals surface area contributed by atoms with Crippen LogP contribution in [0.2, 0.25) is 0 Å². The first-order valence-corrected chi connectivity index (χ1v) is 8.25. The Labute approximate surface area is 137 Å². The first kappa shape index (κ1) is 15.7. The van der Waals surface area contributed by atoms with E-state index in [-0.39, 0.29) is 17.1 Å². The number of thiazole rings is 1. The Morgan fingerprint density at radius 1 is 1.35 bits per heavy atom. The summed E-state index contributed by atoms with van der Waals surface area (Å²) in [4.78, 5) is 25.1. The number of hydrogen-bond acceptors (Lipinski definition) is 6. The highest BCUT2D eigenvalue weighted by atomic mass is 32.1. The Morgan fingerprint density at radius 2 is 2.09 bits per heavy atom. The Balaban J connectivity index is 2.00. The largest absolute Gasteiger partial charge is 0.347 e. The van der Waals surface area contributed by atoms with E-state index in [1.807, 2.05) is 40.8 Å². The fourth-order valence-electron chi connectivity index (χ4n) is 2.32. The van der Waals surface area contributed by atoms with E-state index >= 15 is 0 Å². The molecule has 122 valence electrons. The summed E-state index contributed by atoms with van der Waals surface area (Å²) in [6.45, 7) is 10.1. The van der Waals surface area contributed by atoms with E-state index in [9.17, 15) is 4.79 Å². The average molecular weight is 332 g/mol. The predicted molar refractivity (Wildman–Crippen MR) is 92.0 cm³/mol. The minimum atomic E-state index is -0.252. The van der Waals surface area contributed by atoms with Crippen molar-refractivity contribution in [3.8, 4) is 0 Å². The number of aromatic nitrogens is 5. The average Bonchev–Trinajstić information content (AvgIpc) is 3.04. The topological polar surface area (TPSA) is 88.5 Å². The van der Waals surface area contributed by atoms with Gasteiger partial charge in [-0.15, -0.1) is 11.3 Å². The third kappa shape index (κ3) is 2.98. The molecule has 3 aromatic rings. The van der Waals surface area contributed by atoms with Gasteiger partial charge in [-0.1, -0.05) is 0 Å². The van der Waals surface area contributed by atoms with Gasteiger partial charge in [0.15, 0.2) is 5.65 Å². The molecule has 3 aromatic heterocycles. The van der Waals surface area contributed by atoms with Crippen LogP contribution in [0.3, 0.4) is 0 Å². The highest BCUT2D eigenvalue weighted by Crippen LogP contribution is 2.23. The second-order valence-electron chi connectivity index (χ2n) is 6.55. The van der Waals surface area contributed by atoms with E-state index in [0.717, 1.165) is 9.88 Å². The van der Waals surface area contributed by atoms with Gasteiger partial charge in [0, 0.05) is 11.1 Å². The molecule has 0 amide bonds. The van der Waals surface area contributed by atoms with Gasteiger partial charge in [-0.25, -0.2) is 9.67 Å². The molecule has 0 saturated heterocycles. The molecule has 0 spiro atoms. The lowest BCUT2D eigenvalue weighted by atomic mass is 10.1. The van der Waals surface area contributed by atoms with Gasteiger partial charge in [-0.2, -0.15) is 10.1 Å². The van der Waals surface area contributed by atoms with Crippen LogP contribution in [0.4, 0.5) is 5.95 Å². The molecule has 0 radical (unpaired) electrons. The van der Waals surface area contributed by atoms with Crippen molar-refractivity contribution in [1.82, 2.24) is 24.7 Å². The van der Waals surface area contributed by atoms with Crippen molar-refractivity contribution < 1.29 is 0 Å². The molecule has 0 aliphatic rings. The molecular weight excluding hydrogens is 312 g/mol. The number of aromatic amines is 1. The molecule has 1 atom stereocenters. The fraction of sp³-hybridized carbons (Fsp3) is 0.467. The van der Waals surface area contributed by atoms with E-state index in [4.69, 9.17) is 0 Å². The molecule has 0 bridgehead atoms. The van der Waals surface area contributed by atoms with Crippen molar-refractivity contribution in [2.45, 2.75) is 46.2 Å². The van der Waals surface area contributed by atoms with E-state index in [1.165, 1.54) is 0 Å². The van der Waals surface area contributed by atoms with Crippen LogP contribution in [0.15, 0.2) is 17.2 Å². The smallest absolute Gasteiger partial charge is 0.263 e. The van der Waals surface area contributed by atoms with Crippen LogP contribution in [-0.4, -0.2) is 24.7 Å². The molecule has 0 aliphatic heterocycles. The summed E-state index contributed by atoms with van der Waals surface area (Å²) in [6.07, 6.45) is 3.40. The zero-order valence-electron chi connectivity index (χ0n) is 13.8. The standard InChI is InChI=1S/C15H20N6OS/c1-8-6-16-13(23-8)9(2)18-14-19-11-10(12(22)20-14)7-17-21(11)15(3,4)5/h6-7,9H,1-5H3,(H2,18,19,20,22). The summed E-state index contributed by atoms with van der Waals surface area (Å²) in [7, 11) is 0. The molecule has 0 aliphatic carbocycles. The Hall–Kier alpha value is -2.22. The Morgan fingerprint density at radius 3 is 2.70 bits per heavy atom. The molecule has 0 aromatic carbocycles. The number of anilines is 1. The van der Waals surface area contributed by atoms with Gasteiger partial charge in [0.2, 0.25) is 5.95 Å². The maximum Gasteiger partial charge on any atom is 0.263 e. The van der Waals surface area contributed by atoms with Gasteiger partial charge in [0.25, 0.3) is 5.56 Å². The zero-order valence-corrected chi connectivity index (χ0v) is 14.7. The maximum atomic E-state index is 12.3. The quantitative estimate of drug-likeness (QED) is 0.770. The van der Waals surface area contributed by atoms with Crippen LogP contribution in [-0.2, 0) is 5.54 Å². The fourth-order valence-corrected chi connectivity index (χ4v) is 3.09. The monoisotopic (exact) mass is 332 g/mol. The maximum absolute atomic E-state index is 12.3. The van der Waals surface area contributed by atoms with Crippen molar-refractivity contribution >= 4 is 28.3 Å². The zero-order chi connectivity index (χ0) is 16.8. The van der Waals surface area contributed by atoms with Gasteiger partial charge >= 0.3 is 0 Å². The number of H-pyrrole nitrogens is 1. The number of nitrogens with zero attached hydrogens (tertiary/aromatic N) is 4. The lowest BCUT2D eigenvalue weighted by molar-refractivity contribution is 0.366. The second kappa shape index (κ2) is 5.45. The minimum absolute atomic E-state index is 0.0414. The molecule has 0 saturated carbocycles. The van der Waals surface area contributed by atoms with Crippen LogP contribution in [0.5, 0.6) is 0 Å². The third-order valence-corrected chi connectivity index (χ3v) is 4.53. The van der Waals surface area contributed by atoms with Crippen molar-refractivity contribution in [3.63, 3.8) is 0 Å². The molecule has 2 N–H and O–H groups in total. The summed E-state index contributed by atoms with van der Waals surface area (Å²) in [5.74, 6) is 0.425. The summed E-state index contributed by atoms with van der Waals surface area (Å²) >= 11 is 1.62. The predicted octanol–water partition coefficient (Wildman–Crippen LogP) is 2.81. The molecule has 3 heterocycles. The number of aryl methyl sites for hydroxylation is 1. The molecule has 0 fully saturated rings. The third-order valence-electron chi connectivity index (χ3n) is 3.44. The summed E-state index contributed by atoms with van der Waals surface area (Å²) in [6, 6.07) is -0.0414. The van der Waals surface area contributed by atoms with E-state index < -0.39 is 0 Å². The molecule has 1 unspecified atom stereocenters. The summed E-state index contributed by atoms with van der Waals surface area (Å²) in [5, 5.41) is 8.96. The van der Waals surface area contributed by atoms with Crippen LogP contribution in [0, 0.1) is 6.92 Å². The van der Waals surface area contributed by atoms with Crippen LogP contribution in [0.25, 0.3) is 11.0 Å². The second-order valence-corrected chi connectivity index (χ2v) is 7.82. The minimum Gasteiger partial charge on any atom is -0.347 e. The summed E-state index contributed by atoms with van der Waals surface area (Å²) < 4.78 is 1.76. The highest BCUT2D eigenvalue weighted by molar-refractivity contribution is 7.11. The molecule has 23 heavy (non-hydrogen) atoms. The van der Waals surface area contributed by atoms with Crippen LogP contribution in [0.1, 0.15) is 43.6 Å². The van der Waals surface area contributed by atoms with E-state index in [2.05, 4.69) is 25.4 Å². The van der Waals surface area contributed by atoms with E-state index in [1.54, 1.807) is 22.2 Å². The summed E-state index contributed by atoms with van der Waals surface area (Å²) in [5.41, 5.74) is 0.125. The molecule has 7 nitrogen and oxygen atoms in total. The number of rotatable bonds is 3. The number of nitrogens with one attached hydrogen (secondary N) is 2. The normalized spacial score (nSPS) is 13.4. The lowest BCUT2D eigenvalue weighted by Gasteiger charge is -2.20. The molecule has 8 heteroatoms. The number of fused-ring (bicyclic) bond motifs is 1.